The van der Waals surface area contributed by atoms with Crippen LogP contribution >= 0.6 is 34.7 Å². The highest BCUT2D eigenvalue weighted by Crippen LogP contribution is 2.39. The number of para-hydroxylation sites is 1. The van der Waals surface area contributed by atoms with E-state index in [1.54, 1.807) is 23.1 Å². The fourth-order valence-electron chi connectivity index (χ4n) is 2.36. The summed E-state index contributed by atoms with van der Waals surface area (Å²) >= 11 is 9.42. The summed E-state index contributed by atoms with van der Waals surface area (Å²) in [7, 11) is 0. The molecule has 2 heterocycles. The Balaban J connectivity index is 1.48. The molecule has 0 N–H and O–H groups in total. The lowest BCUT2D eigenvalue weighted by atomic mass is 10.3. The molecule has 0 unspecified atom stereocenters. The molecule has 8 heteroatoms. The van der Waals surface area contributed by atoms with Crippen molar-refractivity contribution in [2.45, 2.75) is 36.4 Å². The van der Waals surface area contributed by atoms with Gasteiger partial charge in [0.15, 0.2) is 11.0 Å². The molecule has 0 amide bonds. The highest BCUT2D eigenvalue weighted by Gasteiger charge is 2.29. The molecule has 0 radical (unpaired) electrons. The van der Waals surface area contributed by atoms with E-state index in [0.717, 1.165) is 22.4 Å². The van der Waals surface area contributed by atoms with E-state index < -0.39 is 0 Å². The molecule has 1 aliphatic carbocycles. The van der Waals surface area contributed by atoms with E-state index in [4.69, 9.17) is 16.3 Å². The number of nitrogens with zero attached hydrogens (tertiary/aromatic N) is 4. The minimum Gasteiger partial charge on any atom is -0.484 e. The Labute approximate surface area is 153 Å². The maximum Gasteiger partial charge on any atom is 0.191 e. The first-order chi connectivity index (χ1) is 11.8. The summed E-state index contributed by atoms with van der Waals surface area (Å²) in [5, 5.41) is 12.3. The van der Waals surface area contributed by atoms with Crippen LogP contribution in [0.3, 0.4) is 0 Å². The minimum absolute atomic E-state index is 0.366. The maximum atomic E-state index is 6.14. The number of hydrogen-bond donors (Lipinski definition) is 0. The first kappa shape index (κ1) is 15.9. The van der Waals surface area contributed by atoms with Crippen LogP contribution in [0.4, 0.5) is 0 Å². The van der Waals surface area contributed by atoms with E-state index >= 15 is 0 Å². The lowest BCUT2D eigenvalue weighted by Crippen LogP contribution is -2.07. The van der Waals surface area contributed by atoms with Crippen molar-refractivity contribution in [3.05, 3.63) is 51.7 Å². The molecule has 1 aliphatic rings. The van der Waals surface area contributed by atoms with E-state index in [-0.39, 0.29) is 0 Å². The molecule has 2 aromatic heterocycles. The third-order valence-electron chi connectivity index (χ3n) is 3.67. The predicted molar refractivity (Wildman–Crippen MR) is 95.8 cm³/mol. The van der Waals surface area contributed by atoms with Gasteiger partial charge in [-0.1, -0.05) is 35.5 Å². The van der Waals surface area contributed by atoms with Gasteiger partial charge < -0.3 is 4.74 Å². The van der Waals surface area contributed by atoms with Crippen molar-refractivity contribution in [2.24, 2.45) is 0 Å². The molecule has 4 rings (SSSR count). The summed E-state index contributed by atoms with van der Waals surface area (Å²) in [6, 6.07) is 7.95. The van der Waals surface area contributed by atoms with E-state index in [9.17, 15) is 0 Å². The van der Waals surface area contributed by atoms with E-state index in [0.29, 0.717) is 23.4 Å². The van der Waals surface area contributed by atoms with Gasteiger partial charge in [-0.15, -0.1) is 21.5 Å². The van der Waals surface area contributed by atoms with Crippen molar-refractivity contribution in [2.75, 3.05) is 0 Å². The summed E-state index contributed by atoms with van der Waals surface area (Å²) in [6.45, 7) is 0.366. The van der Waals surface area contributed by atoms with Crippen LogP contribution in [0.2, 0.25) is 5.02 Å². The fourth-order valence-corrected chi connectivity index (χ4v) is 4.14. The molecule has 0 aliphatic heterocycles. The second-order valence-corrected chi connectivity index (χ2v) is 7.56. The zero-order chi connectivity index (χ0) is 16.4. The highest BCUT2D eigenvalue weighted by molar-refractivity contribution is 7.98. The molecule has 1 aromatic carbocycles. The average Bonchev–Trinajstić information content (AvgIpc) is 3.14. The van der Waals surface area contributed by atoms with Crippen molar-refractivity contribution in [1.29, 1.82) is 0 Å². The Hall–Kier alpha value is -1.57. The van der Waals surface area contributed by atoms with Crippen LogP contribution in [-0.4, -0.2) is 19.7 Å². The summed E-state index contributed by atoms with van der Waals surface area (Å²) in [6.07, 6.45) is 2.34. The van der Waals surface area contributed by atoms with Crippen LogP contribution in [-0.2, 0) is 12.4 Å². The smallest absolute Gasteiger partial charge is 0.191 e. The predicted octanol–water partition coefficient (Wildman–Crippen LogP) is 4.59. The van der Waals surface area contributed by atoms with Gasteiger partial charge >= 0.3 is 0 Å². The molecule has 0 spiro atoms. The van der Waals surface area contributed by atoms with Crippen molar-refractivity contribution < 1.29 is 4.74 Å². The third-order valence-corrected chi connectivity index (χ3v) is 5.60. The molecule has 1 saturated carbocycles. The van der Waals surface area contributed by atoms with Crippen LogP contribution in [0, 0.1) is 0 Å². The van der Waals surface area contributed by atoms with Crippen molar-refractivity contribution in [1.82, 2.24) is 19.7 Å². The molecule has 124 valence electrons. The molecule has 1 fully saturated rings. The summed E-state index contributed by atoms with van der Waals surface area (Å²) in [5.41, 5.74) is 2.92. The molecular formula is C16H15ClN4OS2. The zero-order valence-electron chi connectivity index (χ0n) is 12.8. The number of rotatable bonds is 7. The van der Waals surface area contributed by atoms with E-state index in [1.165, 1.54) is 12.8 Å². The van der Waals surface area contributed by atoms with Crippen molar-refractivity contribution in [3.8, 4) is 5.75 Å². The standard InChI is InChI=1S/C16H15ClN4OS2/c17-13-3-1-2-4-14(13)22-7-15-19-20-16(21(15)12-5-6-12)24-9-11-8-23-10-18-11/h1-4,8,10,12H,5-7,9H2. The van der Waals surface area contributed by atoms with Crippen LogP contribution in [0.5, 0.6) is 5.75 Å². The molecule has 0 bridgehead atoms. The van der Waals surface area contributed by atoms with Gasteiger partial charge in [-0.3, -0.25) is 4.57 Å². The minimum atomic E-state index is 0.366. The normalized spacial score (nSPS) is 14.0. The molecule has 3 aromatic rings. The topological polar surface area (TPSA) is 52.8 Å². The molecule has 0 saturated heterocycles. The van der Waals surface area contributed by atoms with Crippen LogP contribution in [0.15, 0.2) is 40.3 Å². The Morgan fingerprint density at radius 1 is 1.29 bits per heavy atom. The molecule has 24 heavy (non-hydrogen) atoms. The van der Waals surface area contributed by atoms with Crippen molar-refractivity contribution in [3.63, 3.8) is 0 Å². The monoisotopic (exact) mass is 378 g/mol. The number of benzene rings is 1. The van der Waals surface area contributed by atoms with Gasteiger partial charge in [-0.2, -0.15) is 0 Å². The fraction of sp³-hybridized carbons (Fsp3) is 0.312. The van der Waals surface area contributed by atoms with Gasteiger partial charge in [0.05, 0.1) is 16.2 Å². The quantitative estimate of drug-likeness (QED) is 0.562. The molecule has 0 atom stereocenters. The lowest BCUT2D eigenvalue weighted by molar-refractivity contribution is 0.288. The van der Waals surface area contributed by atoms with Crippen molar-refractivity contribution >= 4 is 34.7 Å². The largest absolute Gasteiger partial charge is 0.484 e. The van der Waals surface area contributed by atoms with Gasteiger partial charge in [0.25, 0.3) is 0 Å². The molecular weight excluding hydrogens is 364 g/mol. The van der Waals surface area contributed by atoms with Gasteiger partial charge in [-0.05, 0) is 25.0 Å². The van der Waals surface area contributed by atoms with Crippen LogP contribution in [0.1, 0.15) is 30.4 Å². The van der Waals surface area contributed by atoms with Gasteiger partial charge in [0.1, 0.15) is 12.4 Å². The number of halogens is 1. The summed E-state index contributed by atoms with van der Waals surface area (Å²) in [4.78, 5) is 4.31. The second kappa shape index (κ2) is 7.13. The SMILES string of the molecule is Clc1ccccc1OCc1nnc(SCc2cscn2)n1C1CC1. The van der Waals surface area contributed by atoms with Gasteiger partial charge in [-0.25, -0.2) is 4.98 Å². The van der Waals surface area contributed by atoms with Crippen LogP contribution in [0.25, 0.3) is 0 Å². The summed E-state index contributed by atoms with van der Waals surface area (Å²) in [5.74, 6) is 2.32. The number of aromatic nitrogens is 4. The van der Waals surface area contributed by atoms with Gasteiger partial charge in [0.2, 0.25) is 0 Å². The maximum absolute atomic E-state index is 6.14. The molecule has 5 nitrogen and oxygen atoms in total. The first-order valence-corrected chi connectivity index (χ1v) is 9.93. The third kappa shape index (κ3) is 3.58. The van der Waals surface area contributed by atoms with E-state index in [2.05, 4.69) is 25.1 Å². The highest BCUT2D eigenvalue weighted by atomic mass is 35.5. The van der Waals surface area contributed by atoms with Gasteiger partial charge in [0, 0.05) is 17.2 Å². The number of thiazole rings is 1. The number of thioether (sulfide) groups is 1. The average molecular weight is 379 g/mol. The summed E-state index contributed by atoms with van der Waals surface area (Å²) < 4.78 is 8.03. The van der Waals surface area contributed by atoms with Crippen LogP contribution < -0.4 is 4.74 Å². The number of hydrogen-bond acceptors (Lipinski definition) is 6. The first-order valence-electron chi connectivity index (χ1n) is 7.62. The number of ether oxygens (including phenoxy) is 1. The van der Waals surface area contributed by atoms with E-state index in [1.807, 2.05) is 29.8 Å². The Bertz CT molecular complexity index is 817. The Morgan fingerprint density at radius 2 is 2.17 bits per heavy atom. The zero-order valence-corrected chi connectivity index (χ0v) is 15.2. The second-order valence-electron chi connectivity index (χ2n) is 5.49. The lowest BCUT2D eigenvalue weighted by Gasteiger charge is -2.10. The Kier molecular flexibility index (Phi) is 4.73. The Morgan fingerprint density at radius 3 is 2.92 bits per heavy atom.